The molecule has 0 spiro atoms. The highest BCUT2D eigenvalue weighted by Crippen LogP contribution is 2.38. The van der Waals surface area contributed by atoms with E-state index >= 15 is 0 Å². The van der Waals surface area contributed by atoms with Gasteiger partial charge in [-0.1, -0.05) is 71.1 Å². The van der Waals surface area contributed by atoms with E-state index in [1.54, 1.807) is 41.1 Å². The third-order valence-corrected chi connectivity index (χ3v) is 14.7. The first-order chi connectivity index (χ1) is 30.7. The van der Waals surface area contributed by atoms with Crippen LogP contribution in [0.3, 0.4) is 0 Å². The summed E-state index contributed by atoms with van der Waals surface area (Å²) in [6.45, 7) is 13.0. The highest BCUT2D eigenvalue weighted by molar-refractivity contribution is 6.39. The number of piperidine rings is 1. The molecular formula is C51H81NO13. The predicted molar refractivity (Wildman–Crippen MR) is 246 cm³/mol. The summed E-state index contributed by atoms with van der Waals surface area (Å²) in [5.74, 6) is -7.26. The number of ketones is 2. The number of Topliss-reactive ketones (excluding diaryl/α,β-unsaturated/α-hetero) is 2. The molecule has 0 aromatic carbocycles. The predicted octanol–water partition coefficient (Wildman–Crippen LogP) is 5.97. The number of allylic oxidation sites excluding steroid dienone is 5. The summed E-state index contributed by atoms with van der Waals surface area (Å²) in [6.07, 6.45) is 10.9. The molecule has 0 aromatic rings. The first-order valence-electron chi connectivity index (χ1n) is 24.1. The van der Waals surface area contributed by atoms with Crippen molar-refractivity contribution >= 4 is 23.4 Å². The molecule has 4 rings (SSSR count). The van der Waals surface area contributed by atoms with Gasteiger partial charge in [-0.25, -0.2) is 4.79 Å². The molecule has 14 nitrogen and oxygen atoms in total. The molecule has 3 fully saturated rings. The number of aliphatic hydroxyl groups is 4. The number of hydrogen-bond donors (Lipinski definition) is 4. The van der Waals surface area contributed by atoms with E-state index in [0.29, 0.717) is 63.4 Å². The van der Waals surface area contributed by atoms with Crippen LogP contribution in [0.2, 0.25) is 0 Å². The Bertz CT molecular complexity index is 1710. The minimum Gasteiger partial charge on any atom is -0.460 e. The van der Waals surface area contributed by atoms with Crippen molar-refractivity contribution in [3.63, 3.8) is 0 Å². The third-order valence-electron chi connectivity index (χ3n) is 14.7. The molecule has 4 aliphatic rings. The minimum absolute atomic E-state index is 0.0183. The summed E-state index contributed by atoms with van der Waals surface area (Å²) < 4.78 is 29.5. The van der Waals surface area contributed by atoms with Crippen LogP contribution in [0.5, 0.6) is 0 Å². The molecule has 16 atom stereocenters. The third kappa shape index (κ3) is 14.5. The van der Waals surface area contributed by atoms with Crippen LogP contribution in [0, 0.1) is 35.5 Å². The zero-order valence-corrected chi connectivity index (χ0v) is 40.7. The van der Waals surface area contributed by atoms with E-state index in [1.807, 2.05) is 58.1 Å². The molecular weight excluding hydrogens is 835 g/mol. The van der Waals surface area contributed by atoms with Crippen molar-refractivity contribution in [1.82, 2.24) is 4.90 Å². The maximum atomic E-state index is 14.4. The molecule has 2 bridgehead atoms. The van der Waals surface area contributed by atoms with Gasteiger partial charge >= 0.3 is 5.97 Å². The van der Waals surface area contributed by atoms with E-state index in [0.717, 1.165) is 12.0 Å². The molecule has 0 radical (unpaired) electrons. The van der Waals surface area contributed by atoms with Crippen molar-refractivity contribution in [2.24, 2.45) is 35.5 Å². The van der Waals surface area contributed by atoms with Gasteiger partial charge in [0.15, 0.2) is 5.78 Å². The van der Waals surface area contributed by atoms with Crippen LogP contribution in [0.15, 0.2) is 47.6 Å². The van der Waals surface area contributed by atoms with Crippen LogP contribution in [-0.4, -0.2) is 137 Å². The van der Waals surface area contributed by atoms with Crippen molar-refractivity contribution < 1.29 is 63.3 Å². The van der Waals surface area contributed by atoms with E-state index in [2.05, 4.69) is 0 Å². The molecule has 368 valence electrons. The average Bonchev–Trinajstić information content (AvgIpc) is 3.28. The van der Waals surface area contributed by atoms with Gasteiger partial charge in [0.05, 0.1) is 30.5 Å². The number of carbonyl (C=O) groups excluding carboxylic acids is 4. The largest absolute Gasteiger partial charge is 0.460 e. The maximum Gasteiger partial charge on any atom is 0.329 e. The summed E-state index contributed by atoms with van der Waals surface area (Å²) >= 11 is 0. The second-order valence-corrected chi connectivity index (χ2v) is 19.8. The summed E-state index contributed by atoms with van der Waals surface area (Å²) in [5.41, 5.74) is 1.33. The number of esters is 1. The van der Waals surface area contributed by atoms with Gasteiger partial charge in [0.1, 0.15) is 24.4 Å². The lowest BCUT2D eigenvalue weighted by molar-refractivity contribution is -0.265. The van der Waals surface area contributed by atoms with Crippen LogP contribution in [-0.2, 0) is 42.9 Å². The second kappa shape index (κ2) is 25.3. The molecule has 0 aromatic heterocycles. The van der Waals surface area contributed by atoms with Crippen molar-refractivity contribution in [2.45, 2.75) is 186 Å². The van der Waals surface area contributed by atoms with Crippen LogP contribution in [0.4, 0.5) is 0 Å². The van der Waals surface area contributed by atoms with Crippen molar-refractivity contribution in [3.8, 4) is 0 Å². The van der Waals surface area contributed by atoms with E-state index in [4.69, 9.17) is 23.7 Å². The molecule has 2 saturated heterocycles. The van der Waals surface area contributed by atoms with Crippen LogP contribution < -0.4 is 0 Å². The molecule has 1 saturated carbocycles. The zero-order valence-electron chi connectivity index (χ0n) is 40.7. The van der Waals surface area contributed by atoms with Crippen molar-refractivity contribution in [2.75, 3.05) is 27.9 Å². The van der Waals surface area contributed by atoms with E-state index < -0.39 is 90.0 Å². The lowest BCUT2D eigenvalue weighted by Gasteiger charge is -2.43. The summed E-state index contributed by atoms with van der Waals surface area (Å²) in [7, 11) is 4.55. The Hall–Kier alpha value is -3.08. The fourth-order valence-corrected chi connectivity index (χ4v) is 10.3. The molecule has 1 aliphatic carbocycles. The van der Waals surface area contributed by atoms with Crippen LogP contribution >= 0.6 is 0 Å². The highest BCUT2D eigenvalue weighted by atomic mass is 16.6. The Kier molecular flexibility index (Phi) is 21.3. The number of methoxy groups -OCH3 is 3. The zero-order chi connectivity index (χ0) is 48.2. The monoisotopic (exact) mass is 916 g/mol. The lowest BCUT2D eigenvalue weighted by atomic mass is 9.78. The number of carbonyl (C=O) groups is 4. The van der Waals surface area contributed by atoms with Crippen LogP contribution in [0.1, 0.15) is 126 Å². The standard InChI is InChI=1S/C51H81NO13/c1-30-16-12-11-13-17-31(2)42(61-8)28-38-21-19-36(7)51(60,65-38)48(57)49(58)52-23-15-14-18-39(52)50(59)64-43(33(4)26-37-20-22-40(53)44(27-37)62-9)29-41(54)32(3)25-35(6)46(56)47(63-10)45(55)34(5)24-30/h11-13,16-17,25,30,32-34,36-44,46-47,53-54,56,60H,14-15,18-24,26-29H2,1-10H3/b13-11?,16-12+,31-17?,35-25+/t30-,32-,33-,34-,36-,37+,38+,39+,40-,41?,42+,43+,44-,46-,47+,51-/m1/s1. The van der Waals surface area contributed by atoms with Gasteiger partial charge in [0.25, 0.3) is 11.7 Å². The number of ether oxygens (including phenoxy) is 5. The molecule has 65 heavy (non-hydrogen) atoms. The summed E-state index contributed by atoms with van der Waals surface area (Å²) in [4.78, 5) is 57.8. The number of rotatable bonds is 6. The second-order valence-electron chi connectivity index (χ2n) is 19.8. The van der Waals surface area contributed by atoms with Gasteiger partial charge in [-0.2, -0.15) is 0 Å². The van der Waals surface area contributed by atoms with Crippen molar-refractivity contribution in [3.05, 3.63) is 47.6 Å². The Balaban J connectivity index is 1.70. The van der Waals surface area contributed by atoms with Gasteiger partial charge in [-0.05, 0) is 107 Å². The molecule has 3 aliphatic heterocycles. The summed E-state index contributed by atoms with van der Waals surface area (Å²) in [6, 6.07) is -1.11. The number of hydrogen-bond acceptors (Lipinski definition) is 13. The van der Waals surface area contributed by atoms with Crippen LogP contribution in [0.25, 0.3) is 0 Å². The van der Waals surface area contributed by atoms with Gasteiger partial charge in [-0.3, -0.25) is 14.4 Å². The SMILES string of the molecule is CO[C@H]1C[C@@H]2CC[C@@H](C)[C@@](O)(O2)C(=O)C(=O)N2CCCC[C@H]2C(=O)O[C@H]([C@H](C)C[C@@H]2CC[C@@H](O)[C@H](OC)C2)CC(O)[C@H](C)/C=C(\C)[C@@H](O)[C@@H](OC)C(=O)[C@H](C)C[C@H](C)/C=C/C=CC=C1C. The molecule has 1 unspecified atom stereocenters. The Morgan fingerprint density at radius 1 is 0.815 bits per heavy atom. The number of amides is 1. The Labute approximate surface area is 387 Å². The smallest absolute Gasteiger partial charge is 0.329 e. The highest BCUT2D eigenvalue weighted by Gasteiger charge is 2.53. The molecule has 3 heterocycles. The van der Waals surface area contributed by atoms with Gasteiger partial charge < -0.3 is 49.0 Å². The first kappa shape index (κ1) is 54.5. The van der Waals surface area contributed by atoms with E-state index in [1.165, 1.54) is 12.0 Å². The van der Waals surface area contributed by atoms with Gasteiger partial charge in [0, 0.05) is 58.5 Å². The first-order valence-corrected chi connectivity index (χ1v) is 24.1. The Morgan fingerprint density at radius 2 is 1.54 bits per heavy atom. The average molecular weight is 916 g/mol. The minimum atomic E-state index is -2.42. The number of fused-ring (bicyclic) bond motifs is 3. The number of aliphatic hydroxyl groups excluding tert-OH is 3. The molecule has 14 heteroatoms. The van der Waals surface area contributed by atoms with E-state index in [9.17, 15) is 39.6 Å². The maximum absolute atomic E-state index is 14.4. The Morgan fingerprint density at radius 3 is 2.22 bits per heavy atom. The molecule has 1 amide bonds. The number of cyclic esters (lactones) is 1. The lowest BCUT2D eigenvalue weighted by Crippen LogP contribution is -2.61. The van der Waals surface area contributed by atoms with Gasteiger partial charge in [0.2, 0.25) is 5.79 Å². The van der Waals surface area contributed by atoms with Gasteiger partial charge in [-0.15, -0.1) is 0 Å². The fraction of sp³-hybridized carbons (Fsp3) is 0.765. The topological polar surface area (TPSA) is 199 Å². The summed E-state index contributed by atoms with van der Waals surface area (Å²) in [5, 5.41) is 45.7. The fourth-order valence-electron chi connectivity index (χ4n) is 10.3. The normalized spacial score (nSPS) is 40.2. The van der Waals surface area contributed by atoms with E-state index in [-0.39, 0.29) is 49.0 Å². The van der Waals surface area contributed by atoms with Crippen molar-refractivity contribution in [1.29, 1.82) is 0 Å². The number of nitrogens with zero attached hydrogens (tertiary/aromatic N) is 1. The quantitative estimate of drug-likeness (QED) is 0.138. The molecule has 4 N–H and O–H groups in total.